The van der Waals surface area contributed by atoms with Gasteiger partial charge in [0.15, 0.2) is 0 Å². The van der Waals surface area contributed by atoms with Crippen molar-refractivity contribution in [1.82, 2.24) is 0 Å². The minimum absolute atomic E-state index is 0.510. The Kier molecular flexibility index (Phi) is 3.11. The second kappa shape index (κ2) is 5.07. The summed E-state index contributed by atoms with van der Waals surface area (Å²) in [4.78, 5) is 0. The highest BCUT2D eigenvalue weighted by Gasteiger charge is 2.01. The number of fused-ring (bicyclic) bond motifs is 1. The van der Waals surface area contributed by atoms with Crippen LogP contribution in [0.15, 0.2) is 65.3 Å². The molecule has 2 nitrogen and oxygen atoms in total. The summed E-state index contributed by atoms with van der Waals surface area (Å²) in [6.07, 6.45) is 1.66. The van der Waals surface area contributed by atoms with Gasteiger partial charge < -0.3 is 9.15 Å². The topological polar surface area (TPSA) is 22.4 Å². The Morgan fingerprint density at radius 1 is 0.833 bits per heavy atom. The molecule has 0 bridgehead atoms. The van der Waals surface area contributed by atoms with Gasteiger partial charge in [0.05, 0.1) is 12.9 Å². The van der Waals surface area contributed by atoms with Crippen molar-refractivity contribution in [3.63, 3.8) is 0 Å². The van der Waals surface area contributed by atoms with Crippen molar-refractivity contribution in [3.05, 3.63) is 72.2 Å². The summed E-state index contributed by atoms with van der Waals surface area (Å²) in [5.41, 5.74) is 1.21. The van der Waals surface area contributed by atoms with Crippen LogP contribution in [-0.4, -0.2) is 0 Å². The molecular weight excluding hydrogens is 224 g/mol. The molecule has 0 saturated heterocycles. The van der Waals surface area contributed by atoms with Crippen molar-refractivity contribution >= 4 is 10.8 Å². The third kappa shape index (κ3) is 2.29. The van der Waals surface area contributed by atoms with E-state index in [1.165, 1.54) is 16.3 Å². The number of hydrogen-bond acceptors (Lipinski definition) is 2. The Bertz CT molecular complexity index is 621. The molecule has 0 radical (unpaired) electrons. The lowest BCUT2D eigenvalue weighted by Gasteiger charge is -2.06. The molecule has 0 amide bonds. The fourth-order valence-corrected chi connectivity index (χ4v) is 2.07. The summed E-state index contributed by atoms with van der Waals surface area (Å²) in [6.45, 7) is 1.11. The Balaban J connectivity index is 1.74. The molecule has 2 aromatic carbocycles. The lowest BCUT2D eigenvalue weighted by molar-refractivity contribution is 0.0937. The van der Waals surface area contributed by atoms with Crippen LogP contribution in [0.1, 0.15) is 11.3 Å². The largest absolute Gasteiger partial charge is 0.467 e. The van der Waals surface area contributed by atoms with Crippen molar-refractivity contribution in [2.75, 3.05) is 0 Å². The molecule has 0 saturated carbocycles. The molecule has 0 atom stereocenters. The molecule has 18 heavy (non-hydrogen) atoms. The lowest BCUT2D eigenvalue weighted by Crippen LogP contribution is -1.94. The van der Waals surface area contributed by atoms with Crippen LogP contribution in [0.2, 0.25) is 0 Å². The summed E-state index contributed by atoms with van der Waals surface area (Å²) >= 11 is 0. The van der Waals surface area contributed by atoms with Gasteiger partial charge in [-0.25, -0.2) is 0 Å². The summed E-state index contributed by atoms with van der Waals surface area (Å²) in [5, 5.41) is 2.50. The molecule has 3 rings (SSSR count). The van der Waals surface area contributed by atoms with Crippen LogP contribution < -0.4 is 0 Å². The van der Waals surface area contributed by atoms with Gasteiger partial charge in [-0.2, -0.15) is 0 Å². The van der Waals surface area contributed by atoms with Crippen molar-refractivity contribution in [2.24, 2.45) is 0 Å². The quantitative estimate of drug-likeness (QED) is 0.681. The molecule has 2 heteroatoms. The Hall–Kier alpha value is -2.06. The first-order valence-electron chi connectivity index (χ1n) is 6.00. The summed E-state index contributed by atoms with van der Waals surface area (Å²) < 4.78 is 10.9. The summed E-state index contributed by atoms with van der Waals surface area (Å²) in [5.74, 6) is 0.857. The standard InChI is InChI=1S/C16H14O2/c1-2-9-16-13(5-1)6-3-7-14(16)11-17-12-15-8-4-10-18-15/h1-10H,11-12H2. The molecule has 90 valence electrons. The number of hydrogen-bond donors (Lipinski definition) is 0. The zero-order valence-electron chi connectivity index (χ0n) is 10.0. The van der Waals surface area contributed by atoms with Crippen molar-refractivity contribution in [2.45, 2.75) is 13.2 Å². The van der Waals surface area contributed by atoms with Gasteiger partial charge in [-0.15, -0.1) is 0 Å². The van der Waals surface area contributed by atoms with Gasteiger partial charge in [0, 0.05) is 0 Å². The maximum absolute atomic E-state index is 5.68. The van der Waals surface area contributed by atoms with Crippen LogP contribution in [0, 0.1) is 0 Å². The second-order valence-electron chi connectivity index (χ2n) is 4.21. The first-order chi connectivity index (χ1) is 8.93. The highest BCUT2D eigenvalue weighted by Crippen LogP contribution is 2.19. The normalized spacial score (nSPS) is 10.9. The van der Waals surface area contributed by atoms with E-state index in [9.17, 15) is 0 Å². The Morgan fingerprint density at radius 3 is 2.61 bits per heavy atom. The van der Waals surface area contributed by atoms with Gasteiger partial charge in [0.2, 0.25) is 0 Å². The smallest absolute Gasteiger partial charge is 0.129 e. The molecule has 0 N–H and O–H groups in total. The molecule has 0 fully saturated rings. The van der Waals surface area contributed by atoms with Crippen LogP contribution in [0.25, 0.3) is 10.8 Å². The average Bonchev–Trinajstić information content (AvgIpc) is 2.92. The van der Waals surface area contributed by atoms with Gasteiger partial charge in [-0.3, -0.25) is 0 Å². The molecule has 0 unspecified atom stereocenters. The lowest BCUT2D eigenvalue weighted by atomic mass is 10.1. The van der Waals surface area contributed by atoms with Crippen molar-refractivity contribution in [3.8, 4) is 0 Å². The average molecular weight is 238 g/mol. The predicted molar refractivity (Wildman–Crippen MR) is 71.1 cm³/mol. The molecule has 0 aliphatic rings. The van der Waals surface area contributed by atoms with Gasteiger partial charge in [-0.05, 0) is 28.5 Å². The van der Waals surface area contributed by atoms with Crippen LogP contribution in [0.4, 0.5) is 0 Å². The van der Waals surface area contributed by atoms with Crippen LogP contribution in [0.5, 0.6) is 0 Å². The summed E-state index contributed by atoms with van der Waals surface area (Å²) in [6, 6.07) is 18.4. The molecular formula is C16H14O2. The van der Waals surface area contributed by atoms with Crippen LogP contribution in [-0.2, 0) is 18.0 Å². The van der Waals surface area contributed by atoms with E-state index in [0.717, 1.165) is 5.76 Å². The Morgan fingerprint density at radius 2 is 1.72 bits per heavy atom. The monoisotopic (exact) mass is 238 g/mol. The van der Waals surface area contributed by atoms with E-state index in [-0.39, 0.29) is 0 Å². The predicted octanol–water partition coefficient (Wildman–Crippen LogP) is 4.15. The first-order valence-corrected chi connectivity index (χ1v) is 6.00. The number of ether oxygens (including phenoxy) is 1. The Labute approximate surface area is 106 Å². The third-order valence-corrected chi connectivity index (χ3v) is 2.96. The van der Waals surface area contributed by atoms with Crippen LogP contribution in [0.3, 0.4) is 0 Å². The van der Waals surface area contributed by atoms with E-state index in [0.29, 0.717) is 13.2 Å². The zero-order chi connectivity index (χ0) is 12.2. The number of benzene rings is 2. The van der Waals surface area contributed by atoms with Crippen LogP contribution >= 0.6 is 0 Å². The van der Waals surface area contributed by atoms with Gasteiger partial charge in [-0.1, -0.05) is 42.5 Å². The highest BCUT2D eigenvalue weighted by atomic mass is 16.5. The maximum Gasteiger partial charge on any atom is 0.129 e. The van der Waals surface area contributed by atoms with Gasteiger partial charge >= 0.3 is 0 Å². The second-order valence-corrected chi connectivity index (χ2v) is 4.21. The van der Waals surface area contributed by atoms with E-state index in [1.807, 2.05) is 12.1 Å². The minimum atomic E-state index is 0.510. The molecule has 0 aliphatic heterocycles. The van der Waals surface area contributed by atoms with Gasteiger partial charge in [0.25, 0.3) is 0 Å². The minimum Gasteiger partial charge on any atom is -0.467 e. The summed E-state index contributed by atoms with van der Waals surface area (Å²) in [7, 11) is 0. The zero-order valence-corrected chi connectivity index (χ0v) is 10.0. The van der Waals surface area contributed by atoms with E-state index >= 15 is 0 Å². The molecule has 1 heterocycles. The van der Waals surface area contributed by atoms with Crippen molar-refractivity contribution < 1.29 is 9.15 Å². The number of furan rings is 1. The highest BCUT2D eigenvalue weighted by molar-refractivity contribution is 5.85. The molecule has 1 aromatic heterocycles. The molecule has 3 aromatic rings. The number of rotatable bonds is 4. The molecule has 0 aliphatic carbocycles. The first kappa shape index (κ1) is 11.1. The van der Waals surface area contributed by atoms with E-state index in [2.05, 4.69) is 42.5 Å². The fraction of sp³-hybridized carbons (Fsp3) is 0.125. The van der Waals surface area contributed by atoms with E-state index in [4.69, 9.17) is 9.15 Å². The van der Waals surface area contributed by atoms with Gasteiger partial charge in [0.1, 0.15) is 12.4 Å². The fourth-order valence-electron chi connectivity index (χ4n) is 2.07. The van der Waals surface area contributed by atoms with Crippen molar-refractivity contribution in [1.29, 1.82) is 0 Å². The molecule has 0 spiro atoms. The maximum atomic E-state index is 5.68. The van der Waals surface area contributed by atoms with E-state index in [1.54, 1.807) is 6.26 Å². The third-order valence-electron chi connectivity index (χ3n) is 2.96. The van der Waals surface area contributed by atoms with E-state index < -0.39 is 0 Å². The SMILES string of the molecule is c1coc(COCc2cccc3ccccc23)c1.